The summed E-state index contributed by atoms with van der Waals surface area (Å²) in [7, 11) is 0. The van der Waals surface area contributed by atoms with E-state index in [-0.39, 0.29) is 69.6 Å². The van der Waals surface area contributed by atoms with Crippen LogP contribution in [-0.4, -0.2) is 42.3 Å². The smallest absolute Gasteiger partial charge is 0.311 e. The lowest BCUT2D eigenvalue weighted by Crippen LogP contribution is -2.07. The maximum atomic E-state index is 11.8. The number of nitrogens with zero attached hydrogens (tertiary/aromatic N) is 3. The lowest BCUT2D eigenvalue weighted by Gasteiger charge is -2.05. The Kier molecular flexibility index (Phi) is 25.0. The van der Waals surface area contributed by atoms with Crippen LogP contribution in [0, 0.1) is 30.3 Å². The topological polar surface area (TPSA) is 236 Å². The molecule has 3 rings (SSSR count). The van der Waals surface area contributed by atoms with E-state index in [0.29, 0.717) is 25.7 Å². The van der Waals surface area contributed by atoms with Crippen LogP contribution in [0.4, 0.5) is 17.1 Å². The van der Waals surface area contributed by atoms with Crippen molar-refractivity contribution in [1.82, 2.24) is 0 Å². The van der Waals surface area contributed by atoms with E-state index in [0.717, 1.165) is 64.2 Å². The van der Waals surface area contributed by atoms with Crippen LogP contribution in [0.1, 0.15) is 103 Å². The van der Waals surface area contributed by atoms with E-state index in [9.17, 15) is 49.5 Å². The summed E-state index contributed by atoms with van der Waals surface area (Å²) in [6.07, 6.45) is 12.4. The van der Waals surface area contributed by atoms with Gasteiger partial charge in [0, 0.05) is 62.1 Å². The Morgan fingerprint density at radius 3 is 0.964 bits per heavy atom. The largest absolute Gasteiger partial charge is 0.508 e. The van der Waals surface area contributed by atoms with Crippen LogP contribution in [0.3, 0.4) is 0 Å². The molecule has 3 aromatic rings. The van der Waals surface area contributed by atoms with Gasteiger partial charge in [-0.15, -0.1) is 0 Å². The van der Waals surface area contributed by atoms with Crippen molar-refractivity contribution in [3.8, 4) is 17.2 Å². The fourth-order valence-electron chi connectivity index (χ4n) is 4.69. The van der Waals surface area contributed by atoms with Crippen LogP contribution in [0.15, 0.2) is 72.8 Å². The Labute approximate surface area is 333 Å². The lowest BCUT2D eigenvalue weighted by molar-refractivity contribution is -0.385. The molecule has 0 bridgehead atoms. The molecule has 0 amide bonds. The standard InChI is InChI=1S/C22H24N2O8.C10H16Cl2O2.C6H5NO3/c25-21(31-19-13-9-17(10-14-19)23(27)28)7-5-3-1-2-4-6-8-22(26)32-20-15-11-18(12-16-20)24(29)30;11-9(13)7-5-3-1-2-4-6-8-10(12)14;8-6-3-1-5(2-4-6)7(9)10/h9-16H,1-8H2;1-8H2;1-4,8H. The Morgan fingerprint density at radius 2 is 0.696 bits per heavy atom. The monoisotopic (exact) mass is 821 g/mol. The highest BCUT2D eigenvalue weighted by Crippen LogP contribution is 2.20. The maximum absolute atomic E-state index is 11.8. The summed E-state index contributed by atoms with van der Waals surface area (Å²) in [6, 6.07) is 15.7. The van der Waals surface area contributed by atoms with Crippen molar-refractivity contribution in [3.63, 3.8) is 0 Å². The highest BCUT2D eigenvalue weighted by Gasteiger charge is 2.10. The number of esters is 2. The molecule has 0 unspecified atom stereocenters. The number of non-ortho nitro benzene ring substituents is 3. The SMILES string of the molecule is O=C(CCCCCCCCC(=O)Oc1ccc([N+](=O)[O-])cc1)Oc1ccc([N+](=O)[O-])cc1.O=C(Cl)CCCCCCCCC(=O)Cl.O=[N+]([O-])c1ccc(O)cc1. The molecule has 0 aliphatic heterocycles. The van der Waals surface area contributed by atoms with Crippen LogP contribution in [0.2, 0.25) is 0 Å². The molecule has 16 nitrogen and oxygen atoms in total. The average molecular weight is 823 g/mol. The first-order valence-corrected chi connectivity index (χ1v) is 18.6. The number of benzene rings is 3. The zero-order valence-electron chi connectivity index (χ0n) is 30.7. The number of phenolic OH excluding ortho intramolecular Hbond substituents is 1. The molecule has 1 N–H and O–H groups in total. The number of ether oxygens (including phenoxy) is 2. The molecule has 0 fully saturated rings. The summed E-state index contributed by atoms with van der Waals surface area (Å²) < 4.78 is 10.3. The molecule has 0 aromatic heterocycles. The number of hydrogen-bond donors (Lipinski definition) is 1. The van der Waals surface area contributed by atoms with E-state index in [1.54, 1.807) is 0 Å². The van der Waals surface area contributed by atoms with E-state index in [4.69, 9.17) is 37.8 Å². The predicted molar refractivity (Wildman–Crippen MR) is 208 cm³/mol. The van der Waals surface area contributed by atoms with Gasteiger partial charge >= 0.3 is 11.9 Å². The van der Waals surface area contributed by atoms with Crippen LogP contribution in [0.5, 0.6) is 17.2 Å². The quantitative estimate of drug-likeness (QED) is 0.0234. The zero-order valence-corrected chi connectivity index (χ0v) is 32.2. The van der Waals surface area contributed by atoms with Gasteiger partial charge in [0.15, 0.2) is 0 Å². The minimum Gasteiger partial charge on any atom is -0.508 e. The van der Waals surface area contributed by atoms with Crippen molar-refractivity contribution >= 4 is 62.7 Å². The van der Waals surface area contributed by atoms with Gasteiger partial charge in [0.1, 0.15) is 17.2 Å². The third-order valence-corrected chi connectivity index (χ3v) is 8.01. The highest BCUT2D eigenvalue weighted by atomic mass is 35.5. The molecule has 0 spiro atoms. The van der Waals surface area contributed by atoms with Crippen molar-refractivity contribution in [2.75, 3.05) is 0 Å². The van der Waals surface area contributed by atoms with Gasteiger partial charge in [0.2, 0.25) is 10.5 Å². The van der Waals surface area contributed by atoms with E-state index in [1.807, 2.05) is 0 Å². The molecule has 0 radical (unpaired) electrons. The number of hydrogen-bond acceptors (Lipinski definition) is 13. The van der Waals surface area contributed by atoms with Gasteiger partial charge in [-0.05, 0) is 85.3 Å². The average Bonchev–Trinajstić information content (AvgIpc) is 3.14. The molecule has 0 aliphatic carbocycles. The number of nitro benzene ring substituents is 3. The van der Waals surface area contributed by atoms with Crippen LogP contribution in [-0.2, 0) is 19.2 Å². The molecular formula is C38H45Cl2N3O13. The van der Waals surface area contributed by atoms with Crippen molar-refractivity contribution in [3.05, 3.63) is 103 Å². The van der Waals surface area contributed by atoms with Gasteiger partial charge in [0.25, 0.3) is 17.1 Å². The second-order valence-corrected chi connectivity index (χ2v) is 13.0. The maximum Gasteiger partial charge on any atom is 0.311 e. The number of aromatic hydroxyl groups is 1. The van der Waals surface area contributed by atoms with E-state index in [2.05, 4.69) is 0 Å². The Morgan fingerprint density at radius 1 is 0.446 bits per heavy atom. The first-order chi connectivity index (χ1) is 26.7. The van der Waals surface area contributed by atoms with Crippen LogP contribution < -0.4 is 9.47 Å². The molecule has 0 saturated heterocycles. The summed E-state index contributed by atoms with van der Waals surface area (Å²) in [5.41, 5.74) is -0.147. The fourth-order valence-corrected chi connectivity index (χ4v) is 4.96. The number of carbonyl (C=O) groups is 4. The zero-order chi connectivity index (χ0) is 41.7. The highest BCUT2D eigenvalue weighted by molar-refractivity contribution is 6.63. The number of halogens is 2. The van der Waals surface area contributed by atoms with Gasteiger partial charge in [0.05, 0.1) is 14.8 Å². The van der Waals surface area contributed by atoms with Crippen molar-refractivity contribution < 1.29 is 48.5 Å². The molecule has 3 aromatic carbocycles. The molecule has 304 valence electrons. The minimum atomic E-state index is -0.520. The second-order valence-electron chi connectivity index (χ2n) is 12.2. The number of phenols is 1. The summed E-state index contributed by atoms with van der Waals surface area (Å²) in [5.74, 6) is -0.172. The summed E-state index contributed by atoms with van der Waals surface area (Å²) in [6.45, 7) is 0. The lowest BCUT2D eigenvalue weighted by atomic mass is 10.1. The number of rotatable bonds is 23. The molecule has 56 heavy (non-hydrogen) atoms. The van der Waals surface area contributed by atoms with E-state index < -0.39 is 14.8 Å². The molecule has 18 heteroatoms. The predicted octanol–water partition coefficient (Wildman–Crippen LogP) is 10.1. The number of carbonyl (C=O) groups excluding carboxylic acids is 4. The molecule has 0 heterocycles. The van der Waals surface area contributed by atoms with E-state index >= 15 is 0 Å². The van der Waals surface area contributed by atoms with Gasteiger partial charge < -0.3 is 14.6 Å². The summed E-state index contributed by atoms with van der Waals surface area (Å²) >= 11 is 10.4. The summed E-state index contributed by atoms with van der Waals surface area (Å²) in [4.78, 5) is 74.0. The second kappa shape index (κ2) is 28.9. The van der Waals surface area contributed by atoms with Crippen molar-refractivity contribution in [2.45, 2.75) is 103 Å². The fraction of sp³-hybridized carbons (Fsp3) is 0.421. The van der Waals surface area contributed by atoms with Crippen LogP contribution in [0.25, 0.3) is 0 Å². The first kappa shape index (κ1) is 48.5. The van der Waals surface area contributed by atoms with E-state index in [1.165, 1.54) is 72.8 Å². The minimum absolute atomic E-state index is 0.0159. The third kappa shape index (κ3) is 24.8. The van der Waals surface area contributed by atoms with Crippen molar-refractivity contribution in [2.24, 2.45) is 0 Å². The van der Waals surface area contributed by atoms with Crippen LogP contribution >= 0.6 is 23.2 Å². The molecule has 0 atom stereocenters. The number of unbranched alkanes of at least 4 members (excludes halogenated alkanes) is 10. The Balaban J connectivity index is 0.000000533. The van der Waals surface area contributed by atoms with Gasteiger partial charge in [-0.3, -0.25) is 49.5 Å². The molecule has 0 aliphatic rings. The van der Waals surface area contributed by atoms with Gasteiger partial charge in [-0.1, -0.05) is 51.4 Å². The molecular weight excluding hydrogens is 777 g/mol. The Hall–Kier alpha value is -5.48. The summed E-state index contributed by atoms with van der Waals surface area (Å²) in [5, 5.41) is 39.4. The third-order valence-electron chi connectivity index (χ3n) is 7.63. The van der Waals surface area contributed by atoms with Gasteiger partial charge in [-0.2, -0.15) is 0 Å². The van der Waals surface area contributed by atoms with Gasteiger partial charge in [-0.25, -0.2) is 0 Å². The Bertz CT molecular complexity index is 1590. The normalized spacial score (nSPS) is 10.1. The van der Waals surface area contributed by atoms with Crippen molar-refractivity contribution in [1.29, 1.82) is 0 Å². The first-order valence-electron chi connectivity index (χ1n) is 17.9. The number of nitro groups is 3. The molecule has 0 saturated carbocycles.